The Kier molecular flexibility index (Phi) is 4.64. The van der Waals surface area contributed by atoms with Crippen molar-refractivity contribution in [3.63, 3.8) is 0 Å². The molecule has 3 rings (SSSR count). The van der Waals surface area contributed by atoms with Crippen LogP contribution in [0, 0.1) is 0 Å². The normalized spacial score (nSPS) is 19.9. The number of oxime groups is 1. The van der Waals surface area contributed by atoms with Gasteiger partial charge in [-0.05, 0) is 36.8 Å². The second-order valence-corrected chi connectivity index (χ2v) is 8.55. The van der Waals surface area contributed by atoms with Crippen LogP contribution in [0.2, 0.25) is 0 Å². The molecule has 1 heterocycles. The smallest absolute Gasteiger partial charge is 0.242 e. The Labute approximate surface area is 152 Å². The standard InChI is InChI=1S/C18H20N2O5S/c1-18(13-7-9-14(21)10-8-13)12-17(19-25-18)24-15-5-4-6-16(11-15)26(22,23)20(2)3/h4-11,21H,12H2,1-3H3/t18-/m1/s1. The van der Waals surface area contributed by atoms with Gasteiger partial charge in [0.25, 0.3) is 0 Å². The van der Waals surface area contributed by atoms with Crippen molar-refractivity contribution < 1.29 is 23.1 Å². The number of nitrogens with zero attached hydrogens (tertiary/aromatic N) is 2. The molecule has 1 atom stereocenters. The molecule has 7 nitrogen and oxygen atoms in total. The van der Waals surface area contributed by atoms with Crippen molar-refractivity contribution in [3.05, 3.63) is 54.1 Å². The summed E-state index contributed by atoms with van der Waals surface area (Å²) < 4.78 is 31.3. The van der Waals surface area contributed by atoms with Crippen molar-refractivity contribution >= 4 is 15.9 Å². The average Bonchev–Trinajstić information content (AvgIpc) is 2.97. The third-order valence-electron chi connectivity index (χ3n) is 4.14. The molecule has 0 fully saturated rings. The Morgan fingerprint density at radius 1 is 1.19 bits per heavy atom. The molecule has 0 aliphatic carbocycles. The summed E-state index contributed by atoms with van der Waals surface area (Å²) in [7, 11) is -0.598. The van der Waals surface area contributed by atoms with Crippen molar-refractivity contribution in [2.24, 2.45) is 5.16 Å². The van der Waals surface area contributed by atoms with Gasteiger partial charge >= 0.3 is 0 Å². The van der Waals surface area contributed by atoms with Crippen molar-refractivity contribution in [2.45, 2.75) is 23.8 Å². The molecule has 0 saturated heterocycles. The van der Waals surface area contributed by atoms with E-state index < -0.39 is 15.6 Å². The molecule has 138 valence electrons. The molecule has 0 saturated carbocycles. The predicted molar refractivity (Wildman–Crippen MR) is 96.5 cm³/mol. The highest BCUT2D eigenvalue weighted by molar-refractivity contribution is 7.89. The molecule has 0 spiro atoms. The Morgan fingerprint density at radius 2 is 1.88 bits per heavy atom. The van der Waals surface area contributed by atoms with E-state index in [9.17, 15) is 13.5 Å². The molecular formula is C18H20N2O5S. The molecule has 0 radical (unpaired) electrons. The van der Waals surface area contributed by atoms with Gasteiger partial charge in [-0.2, -0.15) is 0 Å². The fourth-order valence-electron chi connectivity index (χ4n) is 2.57. The Morgan fingerprint density at radius 3 is 2.54 bits per heavy atom. The van der Waals surface area contributed by atoms with Gasteiger partial charge in [-0.25, -0.2) is 12.7 Å². The van der Waals surface area contributed by atoms with Gasteiger partial charge in [0.05, 0.1) is 11.3 Å². The predicted octanol–water partition coefficient (Wildman–Crippen LogP) is 2.67. The molecule has 1 N–H and O–H groups in total. The third kappa shape index (κ3) is 3.51. The molecule has 2 aromatic carbocycles. The van der Waals surface area contributed by atoms with E-state index in [0.29, 0.717) is 18.1 Å². The van der Waals surface area contributed by atoms with Crippen LogP contribution in [0.4, 0.5) is 0 Å². The summed E-state index contributed by atoms with van der Waals surface area (Å²) in [6.07, 6.45) is 0.377. The SMILES string of the molecule is CN(C)S(=O)(=O)c1cccc(OC2=NO[C@@](C)(c3ccc(O)cc3)C2)c1. The molecule has 0 unspecified atom stereocenters. The molecular weight excluding hydrogens is 356 g/mol. The first kappa shape index (κ1) is 18.2. The lowest BCUT2D eigenvalue weighted by Crippen LogP contribution is -2.23. The Bertz CT molecular complexity index is 938. The lowest BCUT2D eigenvalue weighted by Gasteiger charge is -2.21. The Hall–Kier alpha value is -2.58. The molecule has 0 aromatic heterocycles. The monoisotopic (exact) mass is 376 g/mol. The first-order valence-corrected chi connectivity index (χ1v) is 9.40. The van der Waals surface area contributed by atoms with Gasteiger partial charge < -0.3 is 14.7 Å². The number of sulfonamides is 1. The molecule has 26 heavy (non-hydrogen) atoms. The molecule has 8 heteroatoms. The first-order chi connectivity index (χ1) is 12.2. The summed E-state index contributed by atoms with van der Waals surface area (Å²) in [6.45, 7) is 1.87. The maximum atomic E-state index is 12.2. The van der Waals surface area contributed by atoms with Crippen molar-refractivity contribution in [1.29, 1.82) is 0 Å². The van der Waals surface area contributed by atoms with Crippen LogP contribution < -0.4 is 4.74 Å². The zero-order valence-electron chi connectivity index (χ0n) is 14.7. The van der Waals surface area contributed by atoms with Crippen LogP contribution >= 0.6 is 0 Å². The second kappa shape index (κ2) is 6.62. The van der Waals surface area contributed by atoms with Gasteiger partial charge in [0.2, 0.25) is 15.9 Å². The van der Waals surface area contributed by atoms with Crippen molar-refractivity contribution in [1.82, 2.24) is 4.31 Å². The number of hydrogen-bond donors (Lipinski definition) is 1. The third-order valence-corrected chi connectivity index (χ3v) is 5.95. The quantitative estimate of drug-likeness (QED) is 0.886. The van der Waals surface area contributed by atoms with E-state index in [2.05, 4.69) is 5.16 Å². The number of benzene rings is 2. The first-order valence-electron chi connectivity index (χ1n) is 7.96. The van der Waals surface area contributed by atoms with Crippen LogP contribution in [0.25, 0.3) is 0 Å². The number of phenolic OH excluding ortho intramolecular Hbond substituents is 1. The van der Waals surface area contributed by atoms with E-state index in [1.54, 1.807) is 36.4 Å². The summed E-state index contributed by atoms with van der Waals surface area (Å²) in [6, 6.07) is 12.9. The van der Waals surface area contributed by atoms with Crippen LogP contribution in [-0.2, 0) is 20.5 Å². The minimum atomic E-state index is -3.54. The van der Waals surface area contributed by atoms with Gasteiger partial charge in [0.15, 0.2) is 5.60 Å². The van der Waals surface area contributed by atoms with Crippen LogP contribution in [0.3, 0.4) is 0 Å². The van der Waals surface area contributed by atoms with Gasteiger partial charge in [-0.1, -0.05) is 23.4 Å². The maximum absolute atomic E-state index is 12.2. The zero-order valence-corrected chi connectivity index (χ0v) is 15.5. The largest absolute Gasteiger partial charge is 0.508 e. The maximum Gasteiger partial charge on any atom is 0.242 e. The highest BCUT2D eigenvalue weighted by Gasteiger charge is 2.37. The number of hydrogen-bond acceptors (Lipinski definition) is 6. The van der Waals surface area contributed by atoms with Gasteiger partial charge in [0, 0.05) is 20.2 Å². The lowest BCUT2D eigenvalue weighted by atomic mass is 9.93. The van der Waals surface area contributed by atoms with Crippen LogP contribution in [0.1, 0.15) is 18.9 Å². The van der Waals surface area contributed by atoms with Gasteiger partial charge in [-0.15, -0.1) is 0 Å². The molecule has 0 bridgehead atoms. The van der Waals surface area contributed by atoms with E-state index >= 15 is 0 Å². The highest BCUT2D eigenvalue weighted by Crippen LogP contribution is 2.35. The van der Waals surface area contributed by atoms with Crippen LogP contribution in [-0.4, -0.2) is 37.8 Å². The topological polar surface area (TPSA) is 88.4 Å². The van der Waals surface area contributed by atoms with Crippen LogP contribution in [0.5, 0.6) is 11.5 Å². The van der Waals surface area contributed by atoms with Gasteiger partial charge in [0.1, 0.15) is 11.5 Å². The lowest BCUT2D eigenvalue weighted by molar-refractivity contribution is -0.00742. The summed E-state index contributed by atoms with van der Waals surface area (Å²) >= 11 is 0. The average molecular weight is 376 g/mol. The summed E-state index contributed by atoms with van der Waals surface area (Å²) in [5.74, 6) is 0.886. The van der Waals surface area contributed by atoms with E-state index in [1.165, 1.54) is 26.2 Å². The van der Waals surface area contributed by atoms with E-state index in [4.69, 9.17) is 9.57 Å². The second-order valence-electron chi connectivity index (χ2n) is 6.40. The Balaban J connectivity index is 1.76. The molecule has 2 aromatic rings. The van der Waals surface area contributed by atoms with E-state index in [-0.39, 0.29) is 10.6 Å². The fraction of sp³-hybridized carbons (Fsp3) is 0.278. The number of aromatic hydroxyl groups is 1. The molecule has 1 aliphatic heterocycles. The van der Waals surface area contributed by atoms with E-state index in [0.717, 1.165) is 9.87 Å². The minimum Gasteiger partial charge on any atom is -0.508 e. The molecule has 0 amide bonds. The zero-order chi connectivity index (χ0) is 18.9. The summed E-state index contributed by atoms with van der Waals surface area (Å²) in [4.78, 5) is 5.68. The number of phenols is 1. The van der Waals surface area contributed by atoms with Gasteiger partial charge in [-0.3, -0.25) is 0 Å². The summed E-state index contributed by atoms with van der Waals surface area (Å²) in [5, 5.41) is 13.4. The minimum absolute atomic E-state index is 0.140. The summed E-state index contributed by atoms with van der Waals surface area (Å²) in [5.41, 5.74) is 0.137. The molecule has 1 aliphatic rings. The highest BCUT2D eigenvalue weighted by atomic mass is 32.2. The number of rotatable bonds is 4. The van der Waals surface area contributed by atoms with E-state index in [1.807, 2.05) is 6.92 Å². The fourth-order valence-corrected chi connectivity index (χ4v) is 3.51. The number of ether oxygens (including phenoxy) is 1. The van der Waals surface area contributed by atoms with Crippen molar-refractivity contribution in [2.75, 3.05) is 14.1 Å². The van der Waals surface area contributed by atoms with Crippen LogP contribution in [0.15, 0.2) is 58.6 Å². The van der Waals surface area contributed by atoms with Crippen molar-refractivity contribution in [3.8, 4) is 11.5 Å².